The number of allylic oxidation sites excluding steroid dienone is 2. The number of carbonyl (C=O) groups excluding carboxylic acids is 4. The van der Waals surface area contributed by atoms with Gasteiger partial charge in [0.05, 0.1) is 41.7 Å². The lowest BCUT2D eigenvalue weighted by molar-refractivity contribution is -0.138. The van der Waals surface area contributed by atoms with Crippen LogP contribution in [0.25, 0.3) is 0 Å². The van der Waals surface area contributed by atoms with Crippen LogP contribution in [0.3, 0.4) is 0 Å². The zero-order valence-corrected chi connectivity index (χ0v) is 29.1. The number of nitrogens with one attached hydrogen (secondary N) is 1. The summed E-state index contributed by atoms with van der Waals surface area (Å²) in [6.07, 6.45) is 3.03. The summed E-state index contributed by atoms with van der Waals surface area (Å²) >= 11 is 6.36. The van der Waals surface area contributed by atoms with Crippen LogP contribution in [0.4, 0.5) is 15.8 Å². The largest absolute Gasteiger partial charge is 0.508 e. The number of imide groups is 2. The second-order valence-corrected chi connectivity index (χ2v) is 14.3. The fourth-order valence-corrected chi connectivity index (χ4v) is 9.15. The van der Waals surface area contributed by atoms with Gasteiger partial charge in [0.2, 0.25) is 11.8 Å². The molecule has 0 unspecified atom stereocenters. The molecule has 3 fully saturated rings. The molecule has 8 rings (SSSR count). The number of fused-ring (bicyclic) bond motifs is 4. The van der Waals surface area contributed by atoms with Crippen molar-refractivity contribution in [2.45, 2.75) is 37.5 Å². The molecular weight excluding hydrogens is 685 g/mol. The summed E-state index contributed by atoms with van der Waals surface area (Å²) in [5, 5.41) is 13.0. The fraction of sp³-hybridized carbons (Fsp3) is 0.268. The van der Waals surface area contributed by atoms with Gasteiger partial charge >= 0.3 is 0 Å². The summed E-state index contributed by atoms with van der Waals surface area (Å²) in [5.41, 5.74) is 4.67. The minimum absolute atomic E-state index is 0.0741. The van der Waals surface area contributed by atoms with Crippen molar-refractivity contribution in [3.63, 3.8) is 0 Å². The number of hydrogen-bond acceptors (Lipinski definition) is 7. The van der Waals surface area contributed by atoms with E-state index in [9.17, 15) is 23.9 Å². The average molecular weight is 720 g/mol. The van der Waals surface area contributed by atoms with Crippen molar-refractivity contribution in [2.75, 3.05) is 17.4 Å². The lowest BCUT2D eigenvalue weighted by atomic mass is 9.49. The predicted molar refractivity (Wildman–Crippen MR) is 192 cm³/mol. The number of ether oxygens (including phenoxy) is 1. The Morgan fingerprint density at radius 1 is 0.904 bits per heavy atom. The van der Waals surface area contributed by atoms with Crippen molar-refractivity contribution < 1.29 is 33.4 Å². The van der Waals surface area contributed by atoms with Gasteiger partial charge in [0.25, 0.3) is 11.8 Å². The predicted octanol–water partition coefficient (Wildman–Crippen LogP) is 6.95. The molecule has 0 bridgehead atoms. The van der Waals surface area contributed by atoms with Crippen LogP contribution in [0, 0.1) is 29.5 Å². The summed E-state index contributed by atoms with van der Waals surface area (Å²) in [6, 6.07) is 24.1. The average Bonchev–Trinajstić information content (AvgIpc) is 3.53. The number of anilines is 2. The monoisotopic (exact) mass is 719 g/mol. The highest BCUT2D eigenvalue weighted by Crippen LogP contribution is 2.65. The lowest BCUT2D eigenvalue weighted by Gasteiger charge is -2.50. The Hall–Kier alpha value is -5.48. The summed E-state index contributed by atoms with van der Waals surface area (Å²) in [4.78, 5) is 59.9. The highest BCUT2D eigenvalue weighted by molar-refractivity contribution is 6.30. The van der Waals surface area contributed by atoms with Gasteiger partial charge in [-0.1, -0.05) is 54.4 Å². The second kappa shape index (κ2) is 12.6. The van der Waals surface area contributed by atoms with E-state index in [1.54, 1.807) is 48.5 Å². The molecule has 11 heteroatoms. The van der Waals surface area contributed by atoms with Crippen LogP contribution in [-0.2, 0) is 31.0 Å². The number of carbonyl (C=O) groups is 4. The first-order valence-corrected chi connectivity index (χ1v) is 17.7. The standard InChI is InChI=1S/C41H35ClFN3O6/c1-3-22-4-14-27(15-5-22)45-37(48)30-18-17-29-31(35(30)39(45)50)21-33-38(49)46(44-26-12-10-25(43)11-13-26)40(51)41(33,23-6-8-24(42)9-7-23)36(29)32-20-28(52-2)16-19-34(32)47/h4-17,19-20,30-31,33,35-36,44,47H,3,18,21H2,1-2H3/t30-,31+,33-,35-,36+,41+/m0/s1. The van der Waals surface area contributed by atoms with Gasteiger partial charge in [0, 0.05) is 16.5 Å². The van der Waals surface area contributed by atoms with Crippen molar-refractivity contribution >= 4 is 46.6 Å². The number of phenolic OH excluding ortho intramolecular Hbond substituents is 1. The molecule has 0 radical (unpaired) electrons. The highest BCUT2D eigenvalue weighted by Gasteiger charge is 2.70. The maximum Gasteiger partial charge on any atom is 0.260 e. The first-order valence-electron chi connectivity index (χ1n) is 17.3. The molecule has 2 aliphatic heterocycles. The Kier molecular flexibility index (Phi) is 8.17. The first kappa shape index (κ1) is 33.7. The minimum atomic E-state index is -1.63. The number of nitrogens with zero attached hydrogens (tertiary/aromatic N) is 2. The number of amides is 4. The molecule has 6 atom stereocenters. The molecule has 264 valence electrons. The Bertz CT molecular complexity index is 2150. The molecule has 1 saturated carbocycles. The molecular formula is C41H35ClFN3O6. The second-order valence-electron chi connectivity index (χ2n) is 13.8. The number of rotatable bonds is 7. The minimum Gasteiger partial charge on any atom is -0.508 e. The number of aryl methyl sites for hydroxylation is 1. The van der Waals surface area contributed by atoms with Crippen LogP contribution in [-0.4, -0.2) is 40.9 Å². The van der Waals surface area contributed by atoms with E-state index < -0.39 is 52.6 Å². The van der Waals surface area contributed by atoms with Gasteiger partial charge in [-0.25, -0.2) is 4.39 Å². The van der Waals surface area contributed by atoms with Gasteiger partial charge < -0.3 is 9.84 Å². The van der Waals surface area contributed by atoms with Crippen LogP contribution in [0.1, 0.15) is 42.4 Å². The van der Waals surface area contributed by atoms with E-state index in [1.807, 2.05) is 25.1 Å². The van der Waals surface area contributed by atoms with Crippen LogP contribution >= 0.6 is 11.6 Å². The smallest absolute Gasteiger partial charge is 0.260 e. The third-order valence-electron chi connectivity index (χ3n) is 11.4. The van der Waals surface area contributed by atoms with Crippen molar-refractivity contribution in [2.24, 2.45) is 23.7 Å². The van der Waals surface area contributed by atoms with Crippen molar-refractivity contribution in [1.82, 2.24) is 5.01 Å². The maximum absolute atomic E-state index is 15.3. The number of benzene rings is 4. The Balaban J connectivity index is 1.33. The third-order valence-corrected chi connectivity index (χ3v) is 11.7. The number of phenols is 1. The molecule has 4 aromatic rings. The van der Waals surface area contributed by atoms with Crippen molar-refractivity contribution in [3.05, 3.63) is 130 Å². The van der Waals surface area contributed by atoms with Gasteiger partial charge in [-0.2, -0.15) is 5.01 Å². The molecule has 2 saturated heterocycles. The number of aromatic hydroxyl groups is 1. The third kappa shape index (κ3) is 4.95. The van der Waals surface area contributed by atoms with Gasteiger partial charge in [0.1, 0.15) is 17.3 Å². The number of hydrogen-bond donors (Lipinski definition) is 2. The molecule has 9 nitrogen and oxygen atoms in total. The zero-order valence-electron chi connectivity index (χ0n) is 28.4. The molecule has 0 spiro atoms. The summed E-state index contributed by atoms with van der Waals surface area (Å²) in [7, 11) is 1.49. The van der Waals surface area contributed by atoms with E-state index in [1.165, 1.54) is 42.3 Å². The molecule has 2 heterocycles. The molecule has 4 aliphatic rings. The summed E-state index contributed by atoms with van der Waals surface area (Å²) in [6.45, 7) is 2.03. The molecule has 52 heavy (non-hydrogen) atoms. The molecule has 4 amide bonds. The fourth-order valence-electron chi connectivity index (χ4n) is 9.03. The topological polar surface area (TPSA) is 116 Å². The Labute approximate surface area is 304 Å². The van der Waals surface area contributed by atoms with E-state index in [2.05, 4.69) is 5.43 Å². The Morgan fingerprint density at radius 2 is 1.62 bits per heavy atom. The SMILES string of the molecule is CCc1ccc(N2C(=O)[C@H]3[C@H](CC=C4[C@H]3C[C@H]3C(=O)N(Nc5ccc(F)cc5)C(=O)[C@@]3(c3ccc(Cl)cc3)[C@H]4c3cc(OC)ccc3O)C2=O)cc1. The van der Waals surface area contributed by atoms with E-state index in [-0.39, 0.29) is 30.4 Å². The van der Waals surface area contributed by atoms with Gasteiger partial charge in [0.15, 0.2) is 0 Å². The zero-order chi connectivity index (χ0) is 36.5. The lowest BCUT2D eigenvalue weighted by Crippen LogP contribution is -2.53. The molecule has 4 aromatic carbocycles. The van der Waals surface area contributed by atoms with Crippen LogP contribution in [0.2, 0.25) is 5.02 Å². The molecule has 2 aliphatic carbocycles. The van der Waals surface area contributed by atoms with Gasteiger partial charge in [-0.3, -0.25) is 29.5 Å². The van der Waals surface area contributed by atoms with Gasteiger partial charge in [-0.05, 0) is 103 Å². The highest BCUT2D eigenvalue weighted by atomic mass is 35.5. The van der Waals surface area contributed by atoms with E-state index >= 15 is 4.79 Å². The number of methoxy groups -OCH3 is 1. The molecule has 2 N–H and O–H groups in total. The van der Waals surface area contributed by atoms with E-state index in [4.69, 9.17) is 16.3 Å². The van der Waals surface area contributed by atoms with Crippen molar-refractivity contribution in [3.8, 4) is 11.5 Å². The quantitative estimate of drug-likeness (QED) is 0.157. The number of hydrazine groups is 1. The van der Waals surface area contributed by atoms with E-state index in [0.29, 0.717) is 38.8 Å². The summed E-state index contributed by atoms with van der Waals surface area (Å²) < 4.78 is 19.5. The van der Waals surface area contributed by atoms with Crippen LogP contribution in [0.15, 0.2) is 103 Å². The van der Waals surface area contributed by atoms with Crippen molar-refractivity contribution in [1.29, 1.82) is 0 Å². The maximum atomic E-state index is 15.3. The molecule has 0 aromatic heterocycles. The van der Waals surface area contributed by atoms with Gasteiger partial charge in [-0.15, -0.1) is 0 Å². The first-order chi connectivity index (χ1) is 25.1. The van der Waals surface area contributed by atoms with Crippen LogP contribution < -0.4 is 15.1 Å². The van der Waals surface area contributed by atoms with Crippen LogP contribution in [0.5, 0.6) is 11.5 Å². The Morgan fingerprint density at radius 3 is 2.29 bits per heavy atom. The normalized spacial score (nSPS) is 26.5. The summed E-state index contributed by atoms with van der Waals surface area (Å²) in [5.74, 6) is -6.13. The van der Waals surface area contributed by atoms with E-state index in [0.717, 1.165) is 17.0 Å². The number of halogens is 2.